The number of benzene rings is 1. The van der Waals surface area contributed by atoms with Crippen molar-refractivity contribution in [2.75, 3.05) is 40.3 Å². The van der Waals surface area contributed by atoms with Crippen LogP contribution in [0.4, 0.5) is 0 Å². The summed E-state index contributed by atoms with van der Waals surface area (Å²) < 4.78 is 27.1. The first kappa shape index (κ1) is 23.4. The number of nitrogens with zero attached hydrogens (tertiary/aromatic N) is 4. The monoisotopic (exact) mass is 444 g/mol. The maximum Gasteiger partial charge on any atom is 0.226 e. The summed E-state index contributed by atoms with van der Waals surface area (Å²) in [6.07, 6.45) is 4.62. The van der Waals surface area contributed by atoms with E-state index in [1.54, 1.807) is 12.4 Å². The molecule has 168 valence electrons. The van der Waals surface area contributed by atoms with E-state index in [1.807, 2.05) is 61.5 Å². The number of carbonyl (C=O) groups is 1. The van der Waals surface area contributed by atoms with Crippen LogP contribution in [0.25, 0.3) is 0 Å². The first-order chi connectivity index (χ1) is 14.8. The number of aromatic nitrogens is 1. The fourth-order valence-electron chi connectivity index (χ4n) is 3.82. The third-order valence-corrected chi connectivity index (χ3v) is 7.46. The Hall–Kier alpha value is -2.29. The largest absolute Gasteiger partial charge is 0.337 e. The zero-order chi connectivity index (χ0) is 22.3. The van der Waals surface area contributed by atoms with E-state index in [0.29, 0.717) is 39.0 Å². The molecular weight excluding hydrogens is 412 g/mol. The molecule has 7 nitrogen and oxygen atoms in total. The van der Waals surface area contributed by atoms with Crippen LogP contribution in [0, 0.1) is 5.92 Å². The van der Waals surface area contributed by atoms with Gasteiger partial charge >= 0.3 is 0 Å². The molecule has 2 heterocycles. The lowest BCUT2D eigenvalue weighted by atomic mass is 9.96. The predicted molar refractivity (Wildman–Crippen MR) is 122 cm³/mol. The van der Waals surface area contributed by atoms with Gasteiger partial charge in [0.15, 0.2) is 0 Å². The average molecular weight is 445 g/mol. The first-order valence-electron chi connectivity index (χ1n) is 10.7. The Labute approximate surface area is 185 Å². The second kappa shape index (κ2) is 10.8. The molecule has 1 aromatic heterocycles. The maximum atomic E-state index is 13.3. The van der Waals surface area contributed by atoms with Crippen molar-refractivity contribution in [3.8, 4) is 0 Å². The summed E-state index contributed by atoms with van der Waals surface area (Å²) in [5.74, 6) is -0.0459. The van der Waals surface area contributed by atoms with Gasteiger partial charge in [0.1, 0.15) is 0 Å². The van der Waals surface area contributed by atoms with Crippen LogP contribution in [0.15, 0.2) is 54.9 Å². The van der Waals surface area contributed by atoms with Crippen LogP contribution in [0.2, 0.25) is 0 Å². The van der Waals surface area contributed by atoms with E-state index < -0.39 is 10.0 Å². The van der Waals surface area contributed by atoms with Crippen molar-refractivity contribution in [2.45, 2.75) is 25.1 Å². The molecule has 0 N–H and O–H groups in total. The fraction of sp³-hybridized carbons (Fsp3) is 0.478. The predicted octanol–water partition coefficient (Wildman–Crippen LogP) is 2.21. The van der Waals surface area contributed by atoms with Gasteiger partial charge in [-0.3, -0.25) is 9.78 Å². The zero-order valence-corrected chi connectivity index (χ0v) is 19.2. The summed E-state index contributed by atoms with van der Waals surface area (Å²) in [5.41, 5.74) is 1.78. The Bertz CT molecular complexity index is 928. The Morgan fingerprint density at radius 1 is 1.03 bits per heavy atom. The molecule has 31 heavy (non-hydrogen) atoms. The number of pyridine rings is 1. The number of likely N-dealkylation sites (N-methyl/N-ethyl adjacent to an activating group) is 1. The average Bonchev–Trinajstić information content (AvgIpc) is 2.77. The van der Waals surface area contributed by atoms with Gasteiger partial charge in [0.25, 0.3) is 0 Å². The van der Waals surface area contributed by atoms with Gasteiger partial charge in [0.2, 0.25) is 15.9 Å². The van der Waals surface area contributed by atoms with E-state index in [-0.39, 0.29) is 17.6 Å². The van der Waals surface area contributed by atoms with Gasteiger partial charge in [0.05, 0.1) is 5.75 Å². The van der Waals surface area contributed by atoms with Crippen molar-refractivity contribution in [3.05, 3.63) is 66.0 Å². The summed E-state index contributed by atoms with van der Waals surface area (Å²) in [6, 6.07) is 13.1. The van der Waals surface area contributed by atoms with Crippen molar-refractivity contribution < 1.29 is 13.2 Å². The molecule has 0 aliphatic carbocycles. The molecular formula is C23H32N4O3S. The van der Waals surface area contributed by atoms with Crippen molar-refractivity contribution in [3.63, 3.8) is 0 Å². The van der Waals surface area contributed by atoms with Gasteiger partial charge in [-0.2, -0.15) is 0 Å². The lowest BCUT2D eigenvalue weighted by Crippen LogP contribution is -2.45. The van der Waals surface area contributed by atoms with E-state index in [0.717, 1.165) is 17.7 Å². The Balaban J connectivity index is 1.61. The maximum absolute atomic E-state index is 13.3. The standard InChI is InChI=1S/C23H32N4O3S/c1-25(2)15-16-26(18-21-9-6-12-24-17-21)23(28)22-10-13-27(14-11-22)31(29,30)19-20-7-4-3-5-8-20/h3-9,12,17,22H,10-11,13-16,18-19H2,1-2H3. The van der Waals surface area contributed by atoms with Crippen LogP contribution in [-0.4, -0.2) is 73.7 Å². The number of hydrogen-bond acceptors (Lipinski definition) is 5. The van der Waals surface area contributed by atoms with E-state index in [2.05, 4.69) is 9.88 Å². The van der Waals surface area contributed by atoms with Crippen LogP contribution in [0.1, 0.15) is 24.0 Å². The molecule has 1 amide bonds. The molecule has 1 saturated heterocycles. The normalized spacial score (nSPS) is 15.8. The molecule has 0 bridgehead atoms. The lowest BCUT2D eigenvalue weighted by Gasteiger charge is -2.34. The SMILES string of the molecule is CN(C)CCN(Cc1cccnc1)C(=O)C1CCN(S(=O)(=O)Cc2ccccc2)CC1. The summed E-state index contributed by atoms with van der Waals surface area (Å²) in [4.78, 5) is 21.4. The van der Waals surface area contributed by atoms with Crippen LogP contribution >= 0.6 is 0 Å². The summed E-state index contributed by atoms with van der Waals surface area (Å²) in [7, 11) is 0.596. The van der Waals surface area contributed by atoms with E-state index in [1.165, 1.54) is 4.31 Å². The van der Waals surface area contributed by atoms with Gasteiger partial charge in [-0.05, 0) is 44.1 Å². The number of carbonyl (C=O) groups excluding carboxylic acids is 1. The molecule has 0 unspecified atom stereocenters. The molecule has 1 aliphatic heterocycles. The Morgan fingerprint density at radius 3 is 2.32 bits per heavy atom. The number of hydrogen-bond donors (Lipinski definition) is 0. The van der Waals surface area contributed by atoms with E-state index in [9.17, 15) is 13.2 Å². The van der Waals surface area contributed by atoms with Crippen LogP contribution < -0.4 is 0 Å². The van der Waals surface area contributed by atoms with Crippen LogP contribution in [0.3, 0.4) is 0 Å². The molecule has 8 heteroatoms. The Morgan fingerprint density at radius 2 is 1.71 bits per heavy atom. The molecule has 0 spiro atoms. The second-order valence-electron chi connectivity index (χ2n) is 8.34. The molecule has 0 atom stereocenters. The minimum atomic E-state index is -3.38. The zero-order valence-electron chi connectivity index (χ0n) is 18.4. The van der Waals surface area contributed by atoms with Crippen molar-refractivity contribution in [2.24, 2.45) is 5.92 Å². The molecule has 1 aromatic carbocycles. The summed E-state index contributed by atoms with van der Waals surface area (Å²) in [6.45, 7) is 2.70. The highest BCUT2D eigenvalue weighted by molar-refractivity contribution is 7.88. The number of sulfonamides is 1. The topological polar surface area (TPSA) is 73.8 Å². The van der Waals surface area contributed by atoms with Gasteiger partial charge in [-0.1, -0.05) is 36.4 Å². The van der Waals surface area contributed by atoms with Crippen molar-refractivity contribution >= 4 is 15.9 Å². The van der Waals surface area contributed by atoms with Gasteiger partial charge < -0.3 is 9.80 Å². The Kier molecular flexibility index (Phi) is 8.17. The van der Waals surface area contributed by atoms with Crippen LogP contribution in [-0.2, 0) is 27.1 Å². The van der Waals surface area contributed by atoms with Crippen molar-refractivity contribution in [1.82, 2.24) is 19.1 Å². The third kappa shape index (κ3) is 6.85. The highest BCUT2D eigenvalue weighted by atomic mass is 32.2. The third-order valence-electron chi connectivity index (χ3n) is 5.61. The summed E-state index contributed by atoms with van der Waals surface area (Å²) in [5, 5.41) is 0. The highest BCUT2D eigenvalue weighted by Gasteiger charge is 2.33. The molecule has 2 aromatic rings. The van der Waals surface area contributed by atoms with Gasteiger partial charge in [-0.25, -0.2) is 12.7 Å². The molecule has 1 fully saturated rings. The summed E-state index contributed by atoms with van der Waals surface area (Å²) >= 11 is 0. The first-order valence-corrected chi connectivity index (χ1v) is 12.3. The highest BCUT2D eigenvalue weighted by Crippen LogP contribution is 2.24. The number of amides is 1. The second-order valence-corrected chi connectivity index (χ2v) is 10.3. The van der Waals surface area contributed by atoms with Gasteiger partial charge in [0, 0.05) is 51.0 Å². The molecule has 3 rings (SSSR count). The van der Waals surface area contributed by atoms with Crippen molar-refractivity contribution in [1.29, 1.82) is 0 Å². The van der Waals surface area contributed by atoms with Gasteiger partial charge in [-0.15, -0.1) is 0 Å². The minimum absolute atomic E-state index is 0.00240. The fourth-order valence-corrected chi connectivity index (χ4v) is 5.38. The lowest BCUT2D eigenvalue weighted by molar-refractivity contribution is -0.137. The molecule has 0 radical (unpaired) electrons. The number of piperidine rings is 1. The molecule has 1 aliphatic rings. The number of rotatable bonds is 9. The minimum Gasteiger partial charge on any atom is -0.337 e. The van der Waals surface area contributed by atoms with E-state index in [4.69, 9.17) is 0 Å². The molecule has 0 saturated carbocycles. The quantitative estimate of drug-likeness (QED) is 0.593. The smallest absolute Gasteiger partial charge is 0.226 e. The van der Waals surface area contributed by atoms with E-state index >= 15 is 0 Å². The van der Waals surface area contributed by atoms with Crippen LogP contribution in [0.5, 0.6) is 0 Å².